The Bertz CT molecular complexity index is 460. The van der Waals surface area contributed by atoms with Crippen LogP contribution in [0.15, 0.2) is 24.3 Å². The van der Waals surface area contributed by atoms with Crippen molar-refractivity contribution in [2.75, 3.05) is 6.54 Å². The first-order valence-corrected chi connectivity index (χ1v) is 5.82. The molecule has 4 N–H and O–H groups in total. The summed E-state index contributed by atoms with van der Waals surface area (Å²) in [5.74, 6) is -1.33. The predicted octanol–water partition coefficient (Wildman–Crippen LogP) is -0.156. The Balaban J connectivity index is 2.83. The smallest absolute Gasteiger partial charge is 0.307 e. The first kappa shape index (κ1) is 15.1. The molecule has 0 bridgehead atoms. The van der Waals surface area contributed by atoms with Crippen molar-refractivity contribution in [2.24, 2.45) is 0 Å². The number of carbonyl (C=O) groups excluding carboxylic acids is 1. The Morgan fingerprint density at radius 2 is 1.89 bits per heavy atom. The van der Waals surface area contributed by atoms with Gasteiger partial charge in [-0.2, -0.15) is 0 Å². The summed E-state index contributed by atoms with van der Waals surface area (Å²) in [6, 6.07) is 6.45. The second kappa shape index (κ2) is 6.86. The molecule has 1 amide bonds. The third kappa shape index (κ3) is 4.69. The average Bonchev–Trinajstić information content (AvgIpc) is 2.35. The third-order valence-electron chi connectivity index (χ3n) is 2.64. The van der Waals surface area contributed by atoms with Gasteiger partial charge >= 0.3 is 5.97 Å². The molecule has 104 valence electrons. The van der Waals surface area contributed by atoms with Gasteiger partial charge in [-0.25, -0.2) is 0 Å². The number of aliphatic hydroxyl groups is 2. The van der Waals surface area contributed by atoms with Gasteiger partial charge in [-0.3, -0.25) is 9.59 Å². The lowest BCUT2D eigenvalue weighted by molar-refractivity contribution is -0.136. The lowest BCUT2D eigenvalue weighted by atomic mass is 9.96. The summed E-state index contributed by atoms with van der Waals surface area (Å²) >= 11 is 0. The van der Waals surface area contributed by atoms with Gasteiger partial charge in [0.15, 0.2) is 0 Å². The fourth-order valence-corrected chi connectivity index (χ4v) is 1.71. The molecular weight excluding hydrogens is 250 g/mol. The summed E-state index contributed by atoms with van der Waals surface area (Å²) in [5.41, 5.74) is 0.784. The molecule has 0 radical (unpaired) electrons. The van der Waals surface area contributed by atoms with Crippen LogP contribution < -0.4 is 5.32 Å². The molecule has 6 heteroatoms. The highest BCUT2D eigenvalue weighted by Gasteiger charge is 2.21. The van der Waals surface area contributed by atoms with Crippen LogP contribution in [0.3, 0.4) is 0 Å². The van der Waals surface area contributed by atoms with Crippen molar-refractivity contribution >= 4 is 11.9 Å². The highest BCUT2D eigenvalue weighted by molar-refractivity contribution is 5.72. The van der Waals surface area contributed by atoms with Crippen LogP contribution in [0.5, 0.6) is 0 Å². The molecule has 0 saturated heterocycles. The monoisotopic (exact) mass is 267 g/mol. The lowest BCUT2D eigenvalue weighted by Gasteiger charge is -2.20. The second-order valence-corrected chi connectivity index (χ2v) is 4.22. The second-order valence-electron chi connectivity index (χ2n) is 4.22. The molecule has 1 rings (SSSR count). The van der Waals surface area contributed by atoms with E-state index in [1.807, 2.05) is 0 Å². The van der Waals surface area contributed by atoms with Crippen LogP contribution in [0.1, 0.15) is 24.2 Å². The standard InChI is InChI=1S/C13H17NO5/c1-8(15)14-7-11(16)13(19)10-5-3-2-4-9(10)6-12(17)18/h2-5,11,13,16,19H,6-7H2,1H3,(H,14,15)(H,17,18). The molecule has 0 fully saturated rings. The number of carbonyl (C=O) groups is 2. The zero-order valence-electron chi connectivity index (χ0n) is 10.5. The van der Waals surface area contributed by atoms with Gasteiger partial charge < -0.3 is 20.6 Å². The maximum atomic E-state index is 10.7. The van der Waals surface area contributed by atoms with Crippen LogP contribution >= 0.6 is 0 Å². The van der Waals surface area contributed by atoms with Crippen molar-refractivity contribution in [3.8, 4) is 0 Å². The summed E-state index contributed by atoms with van der Waals surface area (Å²) in [6.07, 6.45) is -2.68. The highest BCUT2D eigenvalue weighted by Crippen LogP contribution is 2.21. The summed E-state index contributed by atoms with van der Waals surface area (Å²) < 4.78 is 0. The van der Waals surface area contributed by atoms with Crippen LogP contribution in [0.25, 0.3) is 0 Å². The topological polar surface area (TPSA) is 107 Å². The fraction of sp³-hybridized carbons (Fsp3) is 0.385. The first-order chi connectivity index (χ1) is 8.91. The maximum absolute atomic E-state index is 10.7. The van der Waals surface area contributed by atoms with Crippen LogP contribution in [-0.4, -0.2) is 39.8 Å². The van der Waals surface area contributed by atoms with E-state index in [1.165, 1.54) is 6.92 Å². The first-order valence-electron chi connectivity index (χ1n) is 5.82. The largest absolute Gasteiger partial charge is 0.481 e. The normalized spacial score (nSPS) is 13.6. The number of carboxylic acid groups (broad SMARTS) is 1. The van der Waals surface area contributed by atoms with Gasteiger partial charge in [0.05, 0.1) is 6.42 Å². The van der Waals surface area contributed by atoms with E-state index in [9.17, 15) is 19.8 Å². The predicted molar refractivity (Wildman–Crippen MR) is 67.4 cm³/mol. The summed E-state index contributed by atoms with van der Waals surface area (Å²) in [4.78, 5) is 21.5. The molecule has 0 aliphatic carbocycles. The van der Waals surface area contributed by atoms with Gasteiger partial charge in [0.2, 0.25) is 5.91 Å². The quantitative estimate of drug-likeness (QED) is 0.573. The number of amides is 1. The van der Waals surface area contributed by atoms with Crippen molar-refractivity contribution in [1.82, 2.24) is 5.32 Å². The molecule has 1 aromatic rings. The van der Waals surface area contributed by atoms with Gasteiger partial charge in [0.1, 0.15) is 12.2 Å². The summed E-state index contributed by atoms with van der Waals surface area (Å²) in [7, 11) is 0. The number of hydrogen-bond donors (Lipinski definition) is 4. The minimum Gasteiger partial charge on any atom is -0.481 e. The summed E-state index contributed by atoms with van der Waals surface area (Å²) in [6.45, 7) is 1.20. The van der Waals surface area contributed by atoms with E-state index in [-0.39, 0.29) is 18.9 Å². The number of benzene rings is 1. The van der Waals surface area contributed by atoms with E-state index in [2.05, 4.69) is 5.32 Å². The molecule has 2 atom stereocenters. The Kier molecular flexibility index (Phi) is 5.47. The molecule has 6 nitrogen and oxygen atoms in total. The number of aliphatic carboxylic acids is 1. The van der Waals surface area contributed by atoms with Crippen LogP contribution in [0.4, 0.5) is 0 Å². The van der Waals surface area contributed by atoms with Crippen LogP contribution in [0, 0.1) is 0 Å². The van der Waals surface area contributed by atoms with E-state index in [0.29, 0.717) is 11.1 Å². The zero-order valence-corrected chi connectivity index (χ0v) is 10.5. The van der Waals surface area contributed by atoms with Crippen LogP contribution in [-0.2, 0) is 16.0 Å². The number of carboxylic acids is 1. The van der Waals surface area contributed by atoms with Crippen molar-refractivity contribution < 1.29 is 24.9 Å². The zero-order chi connectivity index (χ0) is 14.4. The Morgan fingerprint density at radius 3 is 2.47 bits per heavy atom. The SMILES string of the molecule is CC(=O)NCC(O)C(O)c1ccccc1CC(=O)O. The Morgan fingerprint density at radius 1 is 1.26 bits per heavy atom. The van der Waals surface area contributed by atoms with Crippen molar-refractivity contribution in [1.29, 1.82) is 0 Å². The van der Waals surface area contributed by atoms with Gasteiger partial charge in [-0.05, 0) is 11.1 Å². The van der Waals surface area contributed by atoms with Gasteiger partial charge in [0, 0.05) is 13.5 Å². The minimum atomic E-state index is -1.25. The van der Waals surface area contributed by atoms with E-state index >= 15 is 0 Å². The number of nitrogens with one attached hydrogen (secondary N) is 1. The van der Waals surface area contributed by atoms with E-state index < -0.39 is 18.2 Å². The molecule has 0 saturated carbocycles. The molecule has 0 aliphatic heterocycles. The highest BCUT2D eigenvalue weighted by atomic mass is 16.4. The van der Waals surface area contributed by atoms with Gasteiger partial charge in [-0.1, -0.05) is 24.3 Å². The van der Waals surface area contributed by atoms with Crippen LogP contribution in [0.2, 0.25) is 0 Å². The third-order valence-corrected chi connectivity index (χ3v) is 2.64. The Hall–Kier alpha value is -1.92. The molecular formula is C13H17NO5. The minimum absolute atomic E-state index is 0.0993. The van der Waals surface area contributed by atoms with E-state index in [0.717, 1.165) is 0 Å². The lowest BCUT2D eigenvalue weighted by Crippen LogP contribution is -2.34. The molecule has 2 unspecified atom stereocenters. The molecule has 0 spiro atoms. The molecule has 1 aromatic carbocycles. The number of aliphatic hydroxyl groups excluding tert-OH is 2. The molecule has 19 heavy (non-hydrogen) atoms. The van der Waals surface area contributed by atoms with E-state index in [1.54, 1.807) is 24.3 Å². The Labute approximate surface area is 110 Å². The van der Waals surface area contributed by atoms with Crippen molar-refractivity contribution in [3.05, 3.63) is 35.4 Å². The summed E-state index contributed by atoms with van der Waals surface area (Å²) in [5, 5.41) is 30.9. The molecule has 0 aromatic heterocycles. The van der Waals surface area contributed by atoms with Gasteiger partial charge in [-0.15, -0.1) is 0 Å². The van der Waals surface area contributed by atoms with Crippen molar-refractivity contribution in [2.45, 2.75) is 25.6 Å². The number of rotatable bonds is 6. The van der Waals surface area contributed by atoms with E-state index in [4.69, 9.17) is 5.11 Å². The molecule has 0 aliphatic rings. The fourth-order valence-electron chi connectivity index (χ4n) is 1.71. The number of hydrogen-bond acceptors (Lipinski definition) is 4. The average molecular weight is 267 g/mol. The van der Waals surface area contributed by atoms with Crippen molar-refractivity contribution in [3.63, 3.8) is 0 Å². The molecule has 0 heterocycles. The maximum Gasteiger partial charge on any atom is 0.307 e. The van der Waals surface area contributed by atoms with Gasteiger partial charge in [0.25, 0.3) is 0 Å².